The van der Waals surface area contributed by atoms with Gasteiger partial charge in [-0.2, -0.15) is 0 Å². The van der Waals surface area contributed by atoms with E-state index in [1.807, 2.05) is 97.9 Å². The molecule has 3 aromatic carbocycles. The molecule has 0 bridgehead atoms. The zero-order valence-electron chi connectivity index (χ0n) is 19.0. The maximum absolute atomic E-state index is 11.1. The van der Waals surface area contributed by atoms with Gasteiger partial charge in [0.15, 0.2) is 6.29 Å². The maximum Gasteiger partial charge on any atom is 0.163 e. The highest BCUT2D eigenvalue weighted by atomic mass is 16.7. The van der Waals surface area contributed by atoms with Crippen LogP contribution in [0.1, 0.15) is 23.6 Å². The van der Waals surface area contributed by atoms with Crippen LogP contribution in [0.15, 0.2) is 91.0 Å². The predicted molar refractivity (Wildman–Crippen MR) is 126 cm³/mol. The van der Waals surface area contributed by atoms with E-state index in [-0.39, 0.29) is 12.5 Å². The minimum Gasteiger partial charge on any atom is -0.388 e. The number of hydrogen-bond acceptors (Lipinski definition) is 5. The predicted octanol–water partition coefficient (Wildman–Crippen LogP) is 4.73. The van der Waals surface area contributed by atoms with Gasteiger partial charge in [-0.3, -0.25) is 0 Å². The summed E-state index contributed by atoms with van der Waals surface area (Å²) in [7, 11) is 0. The van der Waals surface area contributed by atoms with Crippen LogP contribution >= 0.6 is 0 Å². The lowest BCUT2D eigenvalue weighted by Crippen LogP contribution is -2.56. The second-order valence-corrected chi connectivity index (χ2v) is 8.45. The van der Waals surface area contributed by atoms with Crippen molar-refractivity contribution in [2.24, 2.45) is 5.92 Å². The van der Waals surface area contributed by atoms with Gasteiger partial charge < -0.3 is 24.1 Å². The van der Waals surface area contributed by atoms with Crippen LogP contribution < -0.4 is 0 Å². The van der Waals surface area contributed by atoms with E-state index in [1.165, 1.54) is 0 Å². The van der Waals surface area contributed by atoms with Crippen molar-refractivity contribution in [2.45, 2.75) is 51.3 Å². The van der Waals surface area contributed by atoms with Gasteiger partial charge in [-0.15, -0.1) is 0 Å². The molecule has 3 aromatic rings. The topological polar surface area (TPSA) is 57.2 Å². The molecule has 1 fully saturated rings. The van der Waals surface area contributed by atoms with E-state index in [2.05, 4.69) is 0 Å². The zero-order valence-corrected chi connectivity index (χ0v) is 19.0. The third-order valence-corrected chi connectivity index (χ3v) is 5.91. The normalized spacial score (nSPS) is 25.1. The summed E-state index contributed by atoms with van der Waals surface area (Å²) in [5, 5.41) is 11.1. The van der Waals surface area contributed by atoms with Crippen molar-refractivity contribution >= 4 is 0 Å². The zero-order chi connectivity index (χ0) is 22.9. The van der Waals surface area contributed by atoms with E-state index in [0.29, 0.717) is 19.8 Å². The van der Waals surface area contributed by atoms with Gasteiger partial charge in [-0.1, -0.05) is 97.9 Å². The molecule has 0 aliphatic carbocycles. The lowest BCUT2D eigenvalue weighted by molar-refractivity contribution is -0.296. The number of rotatable bonds is 10. The van der Waals surface area contributed by atoms with Crippen molar-refractivity contribution in [3.63, 3.8) is 0 Å². The Morgan fingerprint density at radius 1 is 0.697 bits per heavy atom. The fourth-order valence-corrected chi connectivity index (χ4v) is 4.02. The summed E-state index contributed by atoms with van der Waals surface area (Å²) in [6.45, 7) is 3.54. The fraction of sp³-hybridized carbons (Fsp3) is 0.357. The molecule has 0 radical (unpaired) electrons. The standard InChI is InChI=1S/C28H32O5/c1-21-27(31-18-23-13-7-3-8-14-23)26(29)25(20-30-17-22-11-5-2-6-12-22)33-28(21)32-19-24-15-9-4-10-16-24/h2-16,21,25-29H,17-20H2,1H3/t21?,25?,26-,27+,28+/m0/s1. The molecule has 0 spiro atoms. The van der Waals surface area contributed by atoms with Gasteiger partial charge in [0.05, 0.1) is 32.5 Å². The molecule has 1 aliphatic rings. The van der Waals surface area contributed by atoms with E-state index < -0.39 is 24.6 Å². The van der Waals surface area contributed by atoms with Gasteiger partial charge in [0, 0.05) is 5.92 Å². The lowest BCUT2D eigenvalue weighted by atomic mass is 9.92. The summed E-state index contributed by atoms with van der Waals surface area (Å²) < 4.78 is 24.4. The van der Waals surface area contributed by atoms with E-state index in [9.17, 15) is 5.11 Å². The Hall–Kier alpha value is -2.54. The molecule has 0 aromatic heterocycles. The molecule has 1 saturated heterocycles. The van der Waals surface area contributed by atoms with Crippen molar-refractivity contribution in [3.8, 4) is 0 Å². The van der Waals surface area contributed by atoms with E-state index >= 15 is 0 Å². The smallest absolute Gasteiger partial charge is 0.163 e. The van der Waals surface area contributed by atoms with Gasteiger partial charge in [-0.05, 0) is 16.7 Å². The van der Waals surface area contributed by atoms with Crippen molar-refractivity contribution in [1.82, 2.24) is 0 Å². The molecule has 5 heteroatoms. The van der Waals surface area contributed by atoms with Crippen molar-refractivity contribution < 1.29 is 24.1 Å². The number of aliphatic hydroxyl groups is 1. The first-order chi connectivity index (χ1) is 16.2. The first-order valence-electron chi connectivity index (χ1n) is 11.5. The third-order valence-electron chi connectivity index (χ3n) is 5.91. The van der Waals surface area contributed by atoms with Gasteiger partial charge in [-0.25, -0.2) is 0 Å². The Balaban J connectivity index is 1.41. The van der Waals surface area contributed by atoms with Crippen LogP contribution in [-0.2, 0) is 38.8 Å². The summed E-state index contributed by atoms with van der Waals surface area (Å²) >= 11 is 0. The average molecular weight is 449 g/mol. The van der Waals surface area contributed by atoms with Crippen LogP contribution in [0.5, 0.6) is 0 Å². The second kappa shape index (κ2) is 12.1. The highest BCUT2D eigenvalue weighted by Crippen LogP contribution is 2.30. The molecule has 0 amide bonds. The van der Waals surface area contributed by atoms with Crippen molar-refractivity contribution in [1.29, 1.82) is 0 Å². The molecule has 174 valence electrons. The Bertz CT molecular complexity index is 934. The molecular weight excluding hydrogens is 416 g/mol. The molecule has 1 N–H and O–H groups in total. The first-order valence-corrected chi connectivity index (χ1v) is 11.5. The van der Waals surface area contributed by atoms with Crippen LogP contribution in [0.25, 0.3) is 0 Å². The molecule has 33 heavy (non-hydrogen) atoms. The van der Waals surface area contributed by atoms with E-state index in [0.717, 1.165) is 16.7 Å². The Morgan fingerprint density at radius 3 is 1.73 bits per heavy atom. The Labute approximate surface area is 195 Å². The van der Waals surface area contributed by atoms with Crippen molar-refractivity contribution in [2.75, 3.05) is 6.61 Å². The highest BCUT2D eigenvalue weighted by Gasteiger charge is 2.44. The van der Waals surface area contributed by atoms with Crippen LogP contribution in [0.3, 0.4) is 0 Å². The summed E-state index contributed by atoms with van der Waals surface area (Å²) in [6.07, 6.45) is -2.33. The summed E-state index contributed by atoms with van der Waals surface area (Å²) in [6, 6.07) is 29.9. The molecule has 5 nitrogen and oxygen atoms in total. The minimum atomic E-state index is -0.823. The molecule has 5 atom stereocenters. The summed E-state index contributed by atoms with van der Waals surface area (Å²) in [5.41, 5.74) is 3.20. The summed E-state index contributed by atoms with van der Waals surface area (Å²) in [4.78, 5) is 0. The molecule has 1 aliphatic heterocycles. The van der Waals surface area contributed by atoms with Gasteiger partial charge in [0.25, 0.3) is 0 Å². The number of ether oxygens (including phenoxy) is 4. The van der Waals surface area contributed by atoms with E-state index in [1.54, 1.807) is 0 Å². The van der Waals surface area contributed by atoms with Gasteiger partial charge in [0.2, 0.25) is 0 Å². The van der Waals surface area contributed by atoms with Crippen LogP contribution in [0, 0.1) is 5.92 Å². The van der Waals surface area contributed by atoms with Crippen LogP contribution in [0.4, 0.5) is 0 Å². The monoisotopic (exact) mass is 448 g/mol. The number of benzene rings is 3. The highest BCUT2D eigenvalue weighted by molar-refractivity contribution is 5.15. The molecule has 0 saturated carbocycles. The van der Waals surface area contributed by atoms with Crippen LogP contribution in [0.2, 0.25) is 0 Å². The van der Waals surface area contributed by atoms with Gasteiger partial charge in [0.1, 0.15) is 12.2 Å². The molecule has 1 heterocycles. The number of aliphatic hydroxyl groups excluding tert-OH is 1. The second-order valence-electron chi connectivity index (χ2n) is 8.45. The van der Waals surface area contributed by atoms with Gasteiger partial charge >= 0.3 is 0 Å². The molecular formula is C28H32O5. The van der Waals surface area contributed by atoms with Crippen LogP contribution in [-0.4, -0.2) is 36.3 Å². The van der Waals surface area contributed by atoms with E-state index in [4.69, 9.17) is 18.9 Å². The Morgan fingerprint density at radius 2 is 1.18 bits per heavy atom. The van der Waals surface area contributed by atoms with Crippen molar-refractivity contribution in [3.05, 3.63) is 108 Å². The summed E-state index contributed by atoms with van der Waals surface area (Å²) in [5.74, 6) is -0.155. The average Bonchev–Trinajstić information content (AvgIpc) is 2.86. The largest absolute Gasteiger partial charge is 0.388 e. The molecule has 2 unspecified atom stereocenters. The maximum atomic E-state index is 11.1. The minimum absolute atomic E-state index is 0.155. The quantitative estimate of drug-likeness (QED) is 0.486. The SMILES string of the molecule is CC1[C@H](OCc2ccccc2)OC(COCc2ccccc2)[C@H](O)[C@@H]1OCc1ccccc1. The number of hydrogen-bond donors (Lipinski definition) is 1. The Kier molecular flexibility index (Phi) is 8.64. The lowest BCUT2D eigenvalue weighted by Gasteiger charge is -2.43. The fourth-order valence-electron chi connectivity index (χ4n) is 4.02. The third kappa shape index (κ3) is 6.73. The first kappa shape index (κ1) is 23.6. The molecule has 4 rings (SSSR count).